The summed E-state index contributed by atoms with van der Waals surface area (Å²) in [4.78, 5) is 0. The molecule has 0 aromatic heterocycles. The lowest BCUT2D eigenvalue weighted by Gasteiger charge is -2.48. The molecule has 0 amide bonds. The van der Waals surface area contributed by atoms with Crippen molar-refractivity contribution in [3.05, 3.63) is 53.6 Å². The minimum Gasteiger partial charge on any atom is -0.495 e. The van der Waals surface area contributed by atoms with Gasteiger partial charge >= 0.3 is 0 Å². The number of hydrogen-bond donors (Lipinski definition) is 3. The van der Waals surface area contributed by atoms with Gasteiger partial charge in [-0.3, -0.25) is 4.72 Å². The zero-order valence-corrected chi connectivity index (χ0v) is 19.9. The second kappa shape index (κ2) is 9.89. The maximum Gasteiger partial charge on any atom is 0.229 e. The van der Waals surface area contributed by atoms with E-state index in [1.54, 1.807) is 12.1 Å². The van der Waals surface area contributed by atoms with Gasteiger partial charge in [-0.25, -0.2) is 8.42 Å². The summed E-state index contributed by atoms with van der Waals surface area (Å²) in [6, 6.07) is 13.3. The van der Waals surface area contributed by atoms with Crippen LogP contribution in [0.15, 0.2) is 42.5 Å². The zero-order chi connectivity index (χ0) is 23.5. The predicted octanol–water partition coefficient (Wildman–Crippen LogP) is 2.63. The molecule has 0 saturated carbocycles. The first-order valence-electron chi connectivity index (χ1n) is 11.2. The minimum absolute atomic E-state index is 0.306. The van der Waals surface area contributed by atoms with Crippen LogP contribution >= 0.6 is 0 Å². The number of benzene rings is 2. The molecule has 3 N–H and O–H groups in total. The van der Waals surface area contributed by atoms with E-state index in [4.69, 9.17) is 14.2 Å². The van der Waals surface area contributed by atoms with Gasteiger partial charge in [0.15, 0.2) is 0 Å². The quantitative estimate of drug-likeness (QED) is 0.503. The van der Waals surface area contributed by atoms with Crippen molar-refractivity contribution in [3.8, 4) is 11.5 Å². The molecule has 1 spiro atoms. The molecule has 2 aliphatic rings. The Balaban J connectivity index is 1.61. The highest BCUT2D eigenvalue weighted by Crippen LogP contribution is 2.47. The molecular weight excluding hydrogens is 444 g/mol. The van der Waals surface area contributed by atoms with Gasteiger partial charge in [0.1, 0.15) is 23.2 Å². The van der Waals surface area contributed by atoms with E-state index in [2.05, 4.69) is 22.2 Å². The fourth-order valence-electron chi connectivity index (χ4n) is 4.64. The van der Waals surface area contributed by atoms with Crippen LogP contribution in [0.5, 0.6) is 11.5 Å². The molecule has 2 aromatic carbocycles. The molecule has 2 aliphatic heterocycles. The normalized spacial score (nSPS) is 21.8. The lowest BCUT2D eigenvalue weighted by atomic mass is 9.79. The molecule has 9 heteroatoms. The molecule has 8 nitrogen and oxygen atoms in total. The van der Waals surface area contributed by atoms with Gasteiger partial charge in [-0.05, 0) is 31.0 Å². The Bertz CT molecular complexity index is 1050. The number of rotatable bonds is 8. The van der Waals surface area contributed by atoms with E-state index in [1.165, 1.54) is 12.7 Å². The number of methoxy groups -OCH3 is 1. The van der Waals surface area contributed by atoms with Gasteiger partial charge < -0.3 is 24.6 Å². The molecule has 2 atom stereocenters. The van der Waals surface area contributed by atoms with Crippen molar-refractivity contribution >= 4 is 15.7 Å². The first-order valence-corrected chi connectivity index (χ1v) is 13.1. The van der Waals surface area contributed by atoms with E-state index in [0.29, 0.717) is 49.8 Å². The van der Waals surface area contributed by atoms with E-state index < -0.39 is 21.7 Å². The van der Waals surface area contributed by atoms with Gasteiger partial charge in [0.2, 0.25) is 10.0 Å². The smallest absolute Gasteiger partial charge is 0.229 e. The largest absolute Gasteiger partial charge is 0.495 e. The van der Waals surface area contributed by atoms with Crippen molar-refractivity contribution in [2.45, 2.75) is 43.4 Å². The second-order valence-corrected chi connectivity index (χ2v) is 10.5. The number of anilines is 1. The SMILES string of the molecule is COc1cc2c(cc1NS(C)(=O)=O)OC1(CCOCC1)C(O)C2NCCCc1ccccc1. The number of nitrogens with one attached hydrogen (secondary N) is 2. The van der Waals surface area contributed by atoms with Crippen molar-refractivity contribution in [2.24, 2.45) is 0 Å². The van der Waals surface area contributed by atoms with Crippen LogP contribution in [0.3, 0.4) is 0 Å². The molecular formula is C24H32N2O6S. The molecule has 4 rings (SSSR count). The van der Waals surface area contributed by atoms with Gasteiger partial charge in [0.25, 0.3) is 0 Å². The lowest BCUT2D eigenvalue weighted by Crippen LogP contribution is -2.58. The highest BCUT2D eigenvalue weighted by atomic mass is 32.2. The highest BCUT2D eigenvalue weighted by molar-refractivity contribution is 7.92. The first kappa shape index (κ1) is 23.8. The van der Waals surface area contributed by atoms with Crippen LogP contribution in [0.2, 0.25) is 0 Å². The highest BCUT2D eigenvalue weighted by Gasteiger charge is 2.50. The van der Waals surface area contributed by atoms with Crippen LogP contribution in [0, 0.1) is 0 Å². The molecule has 2 heterocycles. The van der Waals surface area contributed by atoms with E-state index in [9.17, 15) is 13.5 Å². The van der Waals surface area contributed by atoms with Crippen molar-refractivity contribution < 1.29 is 27.7 Å². The third kappa shape index (κ3) is 5.43. The Morgan fingerprint density at radius 2 is 1.91 bits per heavy atom. The van der Waals surface area contributed by atoms with Crippen LogP contribution in [0.1, 0.15) is 36.4 Å². The summed E-state index contributed by atoms with van der Waals surface area (Å²) in [5.74, 6) is 0.906. The van der Waals surface area contributed by atoms with Gasteiger partial charge in [-0.2, -0.15) is 0 Å². The van der Waals surface area contributed by atoms with Gasteiger partial charge in [-0.15, -0.1) is 0 Å². The summed E-state index contributed by atoms with van der Waals surface area (Å²) in [6.07, 6.45) is 3.24. The minimum atomic E-state index is -3.51. The van der Waals surface area contributed by atoms with Crippen LogP contribution in [-0.2, 0) is 21.2 Å². The topological polar surface area (TPSA) is 106 Å². The van der Waals surface area contributed by atoms with E-state index in [-0.39, 0.29) is 6.04 Å². The number of aryl methyl sites for hydroxylation is 1. The molecule has 0 bridgehead atoms. The third-order valence-electron chi connectivity index (χ3n) is 6.32. The molecule has 0 radical (unpaired) electrons. The fraction of sp³-hybridized carbons (Fsp3) is 0.500. The lowest BCUT2D eigenvalue weighted by molar-refractivity contribution is -0.137. The van der Waals surface area contributed by atoms with Gasteiger partial charge in [-0.1, -0.05) is 30.3 Å². The fourth-order valence-corrected chi connectivity index (χ4v) is 5.20. The number of aliphatic hydroxyl groups is 1. The monoisotopic (exact) mass is 476 g/mol. The standard InChI is InChI=1S/C24H32N2O6S/c1-30-21-15-18-20(16-19(21)26-33(2,28)29)32-24(10-13-31-14-11-24)23(27)22(18)25-12-6-9-17-7-4-3-5-8-17/h3-5,7-8,15-16,22-23,25-27H,6,9-14H2,1-2H3. The predicted molar refractivity (Wildman–Crippen MR) is 126 cm³/mol. The molecule has 1 fully saturated rings. The number of ether oxygens (including phenoxy) is 3. The average Bonchev–Trinajstić information content (AvgIpc) is 2.79. The summed E-state index contributed by atoms with van der Waals surface area (Å²) in [7, 11) is -2.02. The van der Waals surface area contributed by atoms with Crippen molar-refractivity contribution in [1.29, 1.82) is 0 Å². The van der Waals surface area contributed by atoms with E-state index >= 15 is 0 Å². The Kier molecular flexibility index (Phi) is 7.13. The van der Waals surface area contributed by atoms with Crippen LogP contribution in [0.25, 0.3) is 0 Å². The molecule has 1 saturated heterocycles. The number of aliphatic hydroxyl groups excluding tert-OH is 1. The number of fused-ring (bicyclic) bond motifs is 1. The molecule has 2 unspecified atom stereocenters. The molecule has 0 aliphatic carbocycles. The maximum atomic E-state index is 11.9. The Hall–Kier alpha value is -2.33. The summed E-state index contributed by atoms with van der Waals surface area (Å²) in [6.45, 7) is 1.70. The van der Waals surface area contributed by atoms with Crippen LogP contribution in [0.4, 0.5) is 5.69 Å². The third-order valence-corrected chi connectivity index (χ3v) is 6.91. The zero-order valence-electron chi connectivity index (χ0n) is 19.0. The Morgan fingerprint density at radius 3 is 2.58 bits per heavy atom. The van der Waals surface area contributed by atoms with Crippen LogP contribution in [-0.4, -0.2) is 58.4 Å². The maximum absolute atomic E-state index is 11.9. The molecule has 2 aromatic rings. The number of sulfonamides is 1. The molecule has 33 heavy (non-hydrogen) atoms. The van der Waals surface area contributed by atoms with Crippen molar-refractivity contribution in [2.75, 3.05) is 37.8 Å². The number of hydrogen-bond acceptors (Lipinski definition) is 7. The summed E-state index contributed by atoms with van der Waals surface area (Å²) < 4.78 is 43.6. The Morgan fingerprint density at radius 1 is 1.18 bits per heavy atom. The average molecular weight is 477 g/mol. The first-order chi connectivity index (χ1) is 15.8. The van der Waals surface area contributed by atoms with Crippen molar-refractivity contribution in [1.82, 2.24) is 5.32 Å². The summed E-state index contributed by atoms with van der Waals surface area (Å²) >= 11 is 0. The van der Waals surface area contributed by atoms with Gasteiger partial charge in [0, 0.05) is 24.5 Å². The van der Waals surface area contributed by atoms with Crippen LogP contribution < -0.4 is 19.5 Å². The molecule has 180 valence electrons. The van der Waals surface area contributed by atoms with E-state index in [0.717, 1.165) is 24.7 Å². The summed E-state index contributed by atoms with van der Waals surface area (Å²) in [5, 5.41) is 15.0. The van der Waals surface area contributed by atoms with Gasteiger partial charge in [0.05, 0.1) is 38.3 Å². The Labute approximate surface area is 195 Å². The van der Waals surface area contributed by atoms with Crippen molar-refractivity contribution in [3.63, 3.8) is 0 Å². The van der Waals surface area contributed by atoms with E-state index in [1.807, 2.05) is 18.2 Å². The second-order valence-electron chi connectivity index (χ2n) is 8.71. The summed E-state index contributed by atoms with van der Waals surface area (Å²) in [5.41, 5.74) is 1.53.